The van der Waals surface area contributed by atoms with E-state index in [-0.39, 0.29) is 6.04 Å². The van der Waals surface area contributed by atoms with Crippen LogP contribution in [0.1, 0.15) is 31.5 Å². The van der Waals surface area contributed by atoms with Crippen molar-refractivity contribution in [2.75, 3.05) is 13.1 Å². The molecule has 0 radical (unpaired) electrons. The van der Waals surface area contributed by atoms with Crippen LogP contribution in [-0.4, -0.2) is 37.8 Å². The van der Waals surface area contributed by atoms with Crippen LogP contribution in [0.5, 0.6) is 0 Å². The molecule has 1 atom stereocenters. The molecule has 0 aliphatic rings. The highest BCUT2D eigenvalue weighted by Crippen LogP contribution is 2.09. The second-order valence-corrected chi connectivity index (χ2v) is 8.07. The summed E-state index contributed by atoms with van der Waals surface area (Å²) in [6.45, 7) is 8.51. The van der Waals surface area contributed by atoms with Gasteiger partial charge in [0.1, 0.15) is 0 Å². The van der Waals surface area contributed by atoms with Crippen molar-refractivity contribution in [1.29, 1.82) is 0 Å². The van der Waals surface area contributed by atoms with Gasteiger partial charge in [-0.3, -0.25) is 0 Å². The largest absolute Gasteiger partial charge is 0.313 e. The monoisotopic (exact) mass is 305 g/mol. The number of nitrogens with zero attached hydrogens (tertiary/aromatic N) is 1. The number of hydrogen-bond donors (Lipinski definition) is 2. The Balaban J connectivity index is 2.37. The number of aryl methyl sites for hydroxylation is 1. The molecule has 0 aromatic carbocycles. The van der Waals surface area contributed by atoms with Crippen LogP contribution in [0.3, 0.4) is 0 Å². The van der Waals surface area contributed by atoms with Gasteiger partial charge in [-0.25, -0.2) is 18.1 Å². The summed E-state index contributed by atoms with van der Waals surface area (Å²) in [5.74, 6) is 0. The van der Waals surface area contributed by atoms with Crippen molar-refractivity contribution >= 4 is 21.4 Å². The molecule has 0 aliphatic heterocycles. The van der Waals surface area contributed by atoms with Gasteiger partial charge in [0, 0.05) is 36.6 Å². The summed E-state index contributed by atoms with van der Waals surface area (Å²) in [5.41, 5.74) is 0.984. The van der Waals surface area contributed by atoms with E-state index < -0.39 is 15.3 Å². The Hall–Kier alpha value is -0.500. The SMILES string of the molecule is Cc1csc(CCNS(=O)(=O)C(C)CNC(C)C)n1. The zero-order valence-corrected chi connectivity index (χ0v) is 13.6. The molecular weight excluding hydrogens is 282 g/mol. The van der Waals surface area contributed by atoms with E-state index in [1.165, 1.54) is 0 Å². The van der Waals surface area contributed by atoms with Gasteiger partial charge in [-0.2, -0.15) is 0 Å². The minimum Gasteiger partial charge on any atom is -0.313 e. The molecular formula is C12H23N3O2S2. The van der Waals surface area contributed by atoms with Gasteiger partial charge in [-0.05, 0) is 13.8 Å². The first-order chi connectivity index (χ1) is 8.81. The summed E-state index contributed by atoms with van der Waals surface area (Å²) < 4.78 is 26.6. The molecule has 0 aliphatic carbocycles. The van der Waals surface area contributed by atoms with Crippen LogP contribution in [0, 0.1) is 6.92 Å². The maximum Gasteiger partial charge on any atom is 0.215 e. The minimum absolute atomic E-state index is 0.288. The normalized spacial score (nSPS) is 13.9. The first-order valence-electron chi connectivity index (χ1n) is 6.44. The second-order valence-electron chi connectivity index (χ2n) is 4.95. The van der Waals surface area contributed by atoms with Crippen LogP contribution in [0.4, 0.5) is 0 Å². The first kappa shape index (κ1) is 16.6. The van der Waals surface area contributed by atoms with E-state index in [1.807, 2.05) is 26.2 Å². The fraction of sp³-hybridized carbons (Fsp3) is 0.750. The van der Waals surface area contributed by atoms with Crippen molar-refractivity contribution in [1.82, 2.24) is 15.0 Å². The van der Waals surface area contributed by atoms with E-state index in [4.69, 9.17) is 0 Å². The minimum atomic E-state index is -3.25. The van der Waals surface area contributed by atoms with Crippen LogP contribution < -0.4 is 10.0 Å². The number of rotatable bonds is 8. The topological polar surface area (TPSA) is 71.1 Å². The van der Waals surface area contributed by atoms with Gasteiger partial charge in [0.05, 0.1) is 10.3 Å². The lowest BCUT2D eigenvalue weighted by molar-refractivity contribution is 0.541. The molecule has 1 aromatic rings. The smallest absolute Gasteiger partial charge is 0.215 e. The molecule has 1 aromatic heterocycles. The Morgan fingerprint density at radius 2 is 2.05 bits per heavy atom. The lowest BCUT2D eigenvalue weighted by Gasteiger charge is -2.16. The Labute approximate surface area is 119 Å². The van der Waals surface area contributed by atoms with Crippen molar-refractivity contribution in [2.24, 2.45) is 0 Å². The molecule has 0 bridgehead atoms. The Bertz CT molecular complexity index is 483. The summed E-state index contributed by atoms with van der Waals surface area (Å²) in [5, 5.41) is 5.63. The highest BCUT2D eigenvalue weighted by atomic mass is 32.2. The molecule has 0 fully saturated rings. The van der Waals surface area contributed by atoms with Gasteiger partial charge in [-0.15, -0.1) is 11.3 Å². The second kappa shape index (κ2) is 7.33. The van der Waals surface area contributed by atoms with Crippen molar-refractivity contribution in [3.63, 3.8) is 0 Å². The first-order valence-corrected chi connectivity index (χ1v) is 8.86. The molecule has 7 heteroatoms. The highest BCUT2D eigenvalue weighted by Gasteiger charge is 2.20. The molecule has 0 saturated heterocycles. The molecule has 0 saturated carbocycles. The molecule has 19 heavy (non-hydrogen) atoms. The highest BCUT2D eigenvalue weighted by molar-refractivity contribution is 7.90. The van der Waals surface area contributed by atoms with Crippen LogP contribution in [0.2, 0.25) is 0 Å². The Morgan fingerprint density at radius 3 is 2.58 bits per heavy atom. The maximum absolute atomic E-state index is 12.0. The lowest BCUT2D eigenvalue weighted by Crippen LogP contribution is -2.41. The third-order valence-corrected chi connectivity index (χ3v) is 5.51. The van der Waals surface area contributed by atoms with Gasteiger partial charge in [0.2, 0.25) is 10.0 Å². The molecule has 1 rings (SSSR count). The fourth-order valence-electron chi connectivity index (χ4n) is 1.47. The number of aromatic nitrogens is 1. The zero-order valence-electron chi connectivity index (χ0n) is 11.9. The molecule has 1 unspecified atom stereocenters. The number of nitrogens with one attached hydrogen (secondary N) is 2. The van der Waals surface area contributed by atoms with Crippen LogP contribution in [-0.2, 0) is 16.4 Å². The van der Waals surface area contributed by atoms with Crippen LogP contribution >= 0.6 is 11.3 Å². The summed E-state index contributed by atoms with van der Waals surface area (Å²) in [6.07, 6.45) is 0.641. The average molecular weight is 305 g/mol. The molecule has 0 spiro atoms. The standard InChI is InChI=1S/C12H23N3O2S2/c1-9(2)13-7-11(4)19(16,17)14-6-5-12-15-10(3)8-18-12/h8-9,11,13-14H,5-7H2,1-4H3. The van der Waals surface area contributed by atoms with E-state index in [1.54, 1.807) is 18.3 Å². The van der Waals surface area contributed by atoms with E-state index in [0.717, 1.165) is 10.7 Å². The van der Waals surface area contributed by atoms with E-state index in [2.05, 4.69) is 15.0 Å². The molecule has 0 amide bonds. The predicted octanol–water partition coefficient (Wildman–Crippen LogP) is 1.30. The fourth-order valence-corrected chi connectivity index (χ4v) is 3.23. The molecule has 5 nitrogen and oxygen atoms in total. The summed E-state index contributed by atoms with van der Waals surface area (Å²) >= 11 is 1.56. The van der Waals surface area contributed by atoms with Gasteiger partial charge in [0.25, 0.3) is 0 Å². The van der Waals surface area contributed by atoms with Gasteiger partial charge < -0.3 is 5.32 Å². The van der Waals surface area contributed by atoms with Gasteiger partial charge in [0.15, 0.2) is 0 Å². The van der Waals surface area contributed by atoms with Crippen molar-refractivity contribution < 1.29 is 8.42 Å². The zero-order chi connectivity index (χ0) is 14.5. The third-order valence-electron chi connectivity index (χ3n) is 2.65. The third kappa shape index (κ3) is 5.99. The van der Waals surface area contributed by atoms with Crippen molar-refractivity contribution in [3.8, 4) is 0 Å². The van der Waals surface area contributed by atoms with Crippen LogP contribution in [0.25, 0.3) is 0 Å². The predicted molar refractivity (Wildman–Crippen MR) is 80.1 cm³/mol. The Morgan fingerprint density at radius 1 is 1.37 bits per heavy atom. The van der Waals surface area contributed by atoms with Gasteiger partial charge in [-0.1, -0.05) is 13.8 Å². The number of hydrogen-bond acceptors (Lipinski definition) is 5. The van der Waals surface area contributed by atoms with Crippen LogP contribution in [0.15, 0.2) is 5.38 Å². The van der Waals surface area contributed by atoms with Gasteiger partial charge >= 0.3 is 0 Å². The van der Waals surface area contributed by atoms with Crippen molar-refractivity contribution in [3.05, 3.63) is 16.1 Å². The summed E-state index contributed by atoms with van der Waals surface area (Å²) in [6, 6.07) is 0.288. The maximum atomic E-state index is 12.0. The van der Waals surface area contributed by atoms with Crippen molar-refractivity contribution in [2.45, 2.75) is 45.4 Å². The molecule has 110 valence electrons. The van der Waals surface area contributed by atoms with E-state index in [9.17, 15) is 8.42 Å². The van der Waals surface area contributed by atoms with E-state index >= 15 is 0 Å². The number of sulfonamides is 1. The molecule has 2 N–H and O–H groups in total. The summed E-state index contributed by atoms with van der Waals surface area (Å²) in [7, 11) is -3.25. The Kier molecular flexibility index (Phi) is 6.38. The average Bonchev–Trinajstić information content (AvgIpc) is 2.71. The molecule has 1 heterocycles. The summed E-state index contributed by atoms with van der Waals surface area (Å²) in [4.78, 5) is 4.31. The van der Waals surface area contributed by atoms with E-state index in [0.29, 0.717) is 19.5 Å². The number of thiazole rings is 1. The lowest BCUT2D eigenvalue weighted by atomic mass is 10.3. The quantitative estimate of drug-likeness (QED) is 0.759.